The van der Waals surface area contributed by atoms with Crippen LogP contribution in [0.1, 0.15) is 31.2 Å². The fourth-order valence-corrected chi connectivity index (χ4v) is 4.23. The summed E-state index contributed by atoms with van der Waals surface area (Å²) in [6.07, 6.45) is 4.65. The molecule has 1 aliphatic rings. The number of anilines is 1. The number of rotatable bonds is 6. The average molecular weight is 311 g/mol. The Bertz CT molecular complexity index is 546. The van der Waals surface area contributed by atoms with Gasteiger partial charge in [-0.25, -0.2) is 13.1 Å². The first-order chi connectivity index (χ1) is 10.0. The summed E-state index contributed by atoms with van der Waals surface area (Å²) in [6.45, 7) is 5.44. The highest BCUT2D eigenvalue weighted by Gasteiger charge is 2.19. The number of benzene rings is 1. The zero-order valence-electron chi connectivity index (χ0n) is 12.6. The summed E-state index contributed by atoms with van der Waals surface area (Å²) in [5.74, 6) is 0. The van der Waals surface area contributed by atoms with Crippen molar-refractivity contribution < 1.29 is 8.42 Å². The molecule has 0 bridgehead atoms. The van der Waals surface area contributed by atoms with Crippen LogP contribution in [0.3, 0.4) is 0 Å². The zero-order chi connectivity index (χ0) is 15.3. The number of piperidine rings is 1. The quantitative estimate of drug-likeness (QED) is 0.620. The molecule has 0 amide bonds. The summed E-state index contributed by atoms with van der Waals surface area (Å²) in [5, 5.41) is 0. The van der Waals surface area contributed by atoms with Crippen molar-refractivity contribution in [3.8, 4) is 0 Å². The van der Waals surface area contributed by atoms with Gasteiger partial charge in [-0.05, 0) is 57.5 Å². The van der Waals surface area contributed by atoms with Gasteiger partial charge >= 0.3 is 0 Å². The van der Waals surface area contributed by atoms with Gasteiger partial charge in [0.25, 0.3) is 0 Å². The molecule has 0 spiro atoms. The predicted molar refractivity (Wildman–Crippen MR) is 85.7 cm³/mol. The molecule has 1 saturated heterocycles. The van der Waals surface area contributed by atoms with E-state index in [-0.39, 0.29) is 4.90 Å². The van der Waals surface area contributed by atoms with Crippen molar-refractivity contribution >= 4 is 15.7 Å². The zero-order valence-corrected chi connectivity index (χ0v) is 13.5. The number of nitrogens with zero attached hydrogens (tertiary/aromatic N) is 1. The van der Waals surface area contributed by atoms with Gasteiger partial charge in [0.05, 0.1) is 5.69 Å². The molecule has 2 rings (SSSR count). The number of nitrogens with two attached hydrogens (primary N) is 1. The van der Waals surface area contributed by atoms with Crippen LogP contribution < -0.4 is 10.5 Å². The number of aryl methyl sites for hydroxylation is 1. The number of hydrogen-bond donors (Lipinski definition) is 2. The van der Waals surface area contributed by atoms with E-state index in [1.807, 2.05) is 0 Å². The lowest BCUT2D eigenvalue weighted by Crippen LogP contribution is -2.33. The molecular weight excluding hydrogens is 286 g/mol. The van der Waals surface area contributed by atoms with Crippen LogP contribution in [0.4, 0.5) is 5.69 Å². The number of likely N-dealkylation sites (tertiary alicyclic amines) is 1. The molecule has 0 radical (unpaired) electrons. The summed E-state index contributed by atoms with van der Waals surface area (Å²) >= 11 is 0. The molecule has 0 atom stereocenters. The molecule has 0 saturated carbocycles. The van der Waals surface area contributed by atoms with E-state index in [2.05, 4.69) is 9.62 Å². The van der Waals surface area contributed by atoms with Crippen LogP contribution in [0.15, 0.2) is 23.1 Å². The molecule has 6 heteroatoms. The van der Waals surface area contributed by atoms with Crippen molar-refractivity contribution in [3.05, 3.63) is 23.8 Å². The third-order valence-electron chi connectivity index (χ3n) is 3.90. The lowest BCUT2D eigenvalue weighted by molar-refractivity contribution is 0.227. The maximum Gasteiger partial charge on any atom is 0.242 e. The molecule has 3 N–H and O–H groups in total. The van der Waals surface area contributed by atoms with Crippen LogP contribution >= 0.6 is 0 Å². The first-order valence-corrected chi connectivity index (χ1v) is 9.06. The number of nitrogens with one attached hydrogen (secondary N) is 1. The minimum Gasteiger partial charge on any atom is -0.398 e. The normalized spacial score (nSPS) is 17.0. The highest BCUT2D eigenvalue weighted by atomic mass is 32.2. The lowest BCUT2D eigenvalue weighted by atomic mass is 10.1. The monoisotopic (exact) mass is 311 g/mol. The van der Waals surface area contributed by atoms with Gasteiger partial charge in [-0.2, -0.15) is 0 Å². The minimum atomic E-state index is -3.52. The van der Waals surface area contributed by atoms with Crippen LogP contribution in [0.2, 0.25) is 0 Å². The summed E-state index contributed by atoms with van der Waals surface area (Å²) in [7, 11) is -3.52. The van der Waals surface area contributed by atoms with E-state index in [1.165, 1.54) is 19.3 Å². The Kier molecular flexibility index (Phi) is 5.61. The molecular formula is C15H25N3O2S. The largest absolute Gasteiger partial charge is 0.398 e. The van der Waals surface area contributed by atoms with E-state index in [0.29, 0.717) is 17.8 Å². The molecule has 1 heterocycles. The summed E-state index contributed by atoms with van der Waals surface area (Å²) in [4.78, 5) is 2.61. The maximum atomic E-state index is 12.3. The average Bonchev–Trinajstić information content (AvgIpc) is 2.44. The molecule has 0 aromatic heterocycles. The van der Waals surface area contributed by atoms with E-state index in [0.717, 1.165) is 26.1 Å². The molecule has 118 valence electrons. The van der Waals surface area contributed by atoms with Crippen LogP contribution in [-0.4, -0.2) is 39.5 Å². The molecule has 1 fully saturated rings. The van der Waals surface area contributed by atoms with Gasteiger partial charge in [-0.3, -0.25) is 0 Å². The molecule has 0 unspecified atom stereocenters. The van der Waals surface area contributed by atoms with Crippen molar-refractivity contribution in [1.82, 2.24) is 9.62 Å². The van der Waals surface area contributed by atoms with Gasteiger partial charge < -0.3 is 10.6 Å². The third kappa shape index (κ3) is 4.43. The second-order valence-electron chi connectivity index (χ2n) is 5.65. The smallest absolute Gasteiger partial charge is 0.242 e. The Labute approximate surface area is 127 Å². The SMILES string of the molecule is Cc1cccc(N)c1S(=O)(=O)NCCCN1CCCCC1. The fraction of sp³-hybridized carbons (Fsp3) is 0.600. The Morgan fingerprint density at radius 1 is 1.24 bits per heavy atom. The molecule has 1 aliphatic heterocycles. The van der Waals surface area contributed by atoms with Crippen molar-refractivity contribution in [2.24, 2.45) is 0 Å². The minimum absolute atomic E-state index is 0.211. The van der Waals surface area contributed by atoms with Crippen LogP contribution in [0.25, 0.3) is 0 Å². The highest BCUT2D eigenvalue weighted by molar-refractivity contribution is 7.89. The number of sulfonamides is 1. The standard InChI is InChI=1S/C15H25N3O2S/c1-13-7-5-8-14(16)15(13)21(19,20)17-9-6-12-18-10-3-2-4-11-18/h5,7-8,17H,2-4,6,9-12,16H2,1H3. The Hall–Kier alpha value is -1.11. The predicted octanol–water partition coefficient (Wildman–Crippen LogP) is 1.73. The summed E-state index contributed by atoms with van der Waals surface area (Å²) < 4.78 is 27.3. The Morgan fingerprint density at radius 3 is 2.62 bits per heavy atom. The maximum absolute atomic E-state index is 12.3. The van der Waals surface area contributed by atoms with E-state index < -0.39 is 10.0 Å². The van der Waals surface area contributed by atoms with Gasteiger partial charge in [-0.15, -0.1) is 0 Å². The first kappa shape index (κ1) is 16.3. The number of hydrogen-bond acceptors (Lipinski definition) is 4. The fourth-order valence-electron chi connectivity index (χ4n) is 2.81. The summed E-state index contributed by atoms with van der Waals surface area (Å²) in [5.41, 5.74) is 6.78. The van der Waals surface area contributed by atoms with E-state index >= 15 is 0 Å². The second-order valence-corrected chi connectivity index (χ2v) is 7.35. The third-order valence-corrected chi connectivity index (χ3v) is 5.58. The van der Waals surface area contributed by atoms with Crippen LogP contribution in [-0.2, 0) is 10.0 Å². The second kappa shape index (κ2) is 7.24. The van der Waals surface area contributed by atoms with Gasteiger partial charge in [0.2, 0.25) is 10.0 Å². The van der Waals surface area contributed by atoms with Crippen molar-refractivity contribution in [2.75, 3.05) is 31.9 Å². The van der Waals surface area contributed by atoms with Gasteiger partial charge in [0, 0.05) is 6.54 Å². The number of nitrogen functional groups attached to an aromatic ring is 1. The topological polar surface area (TPSA) is 75.4 Å². The van der Waals surface area contributed by atoms with Crippen LogP contribution in [0.5, 0.6) is 0 Å². The van der Waals surface area contributed by atoms with Crippen molar-refractivity contribution in [1.29, 1.82) is 0 Å². The summed E-state index contributed by atoms with van der Waals surface area (Å²) in [6, 6.07) is 5.15. The van der Waals surface area contributed by atoms with E-state index in [4.69, 9.17) is 5.73 Å². The van der Waals surface area contributed by atoms with Gasteiger partial charge in [0.15, 0.2) is 0 Å². The van der Waals surface area contributed by atoms with Crippen molar-refractivity contribution in [2.45, 2.75) is 37.5 Å². The molecule has 1 aromatic carbocycles. The van der Waals surface area contributed by atoms with Crippen molar-refractivity contribution in [3.63, 3.8) is 0 Å². The molecule has 5 nitrogen and oxygen atoms in total. The molecule has 0 aliphatic carbocycles. The molecule has 21 heavy (non-hydrogen) atoms. The molecule has 1 aromatic rings. The van der Waals surface area contributed by atoms with E-state index in [1.54, 1.807) is 25.1 Å². The highest BCUT2D eigenvalue weighted by Crippen LogP contribution is 2.21. The van der Waals surface area contributed by atoms with Gasteiger partial charge in [0.1, 0.15) is 4.90 Å². The first-order valence-electron chi connectivity index (χ1n) is 7.58. The Morgan fingerprint density at radius 2 is 1.95 bits per heavy atom. The van der Waals surface area contributed by atoms with E-state index in [9.17, 15) is 8.42 Å². The van der Waals surface area contributed by atoms with Crippen LogP contribution in [0, 0.1) is 6.92 Å². The Balaban J connectivity index is 1.86. The lowest BCUT2D eigenvalue weighted by Gasteiger charge is -2.26. The van der Waals surface area contributed by atoms with Gasteiger partial charge in [-0.1, -0.05) is 18.6 Å².